The fraction of sp³-hybridized carbons (Fsp3) is 0.211. The van der Waals surface area contributed by atoms with Crippen LogP contribution in [-0.4, -0.2) is 28.8 Å². The van der Waals surface area contributed by atoms with Crippen molar-refractivity contribution in [2.75, 3.05) is 0 Å². The molecule has 1 heterocycles. The Labute approximate surface area is 157 Å². The van der Waals surface area contributed by atoms with E-state index in [0.717, 1.165) is 0 Å². The summed E-state index contributed by atoms with van der Waals surface area (Å²) in [5, 5.41) is 23.1. The van der Waals surface area contributed by atoms with Crippen molar-refractivity contribution in [2.45, 2.75) is 17.9 Å². The van der Waals surface area contributed by atoms with Gasteiger partial charge in [-0.25, -0.2) is 4.79 Å². The first kappa shape index (κ1) is 19.4. The van der Waals surface area contributed by atoms with Crippen LogP contribution in [0.25, 0.3) is 0 Å². The van der Waals surface area contributed by atoms with Crippen molar-refractivity contribution < 1.29 is 27.9 Å². The highest BCUT2D eigenvalue weighted by atomic mass is 19.4. The molecule has 0 radical (unpaired) electrons. The molecule has 1 aliphatic rings. The monoisotopic (exact) mass is 389 g/mol. The number of urea groups is 1. The minimum absolute atomic E-state index is 0.0493. The highest BCUT2D eigenvalue weighted by Crippen LogP contribution is 2.43. The number of benzene rings is 2. The third-order valence-electron chi connectivity index (χ3n) is 4.55. The number of carbonyl (C=O) groups is 2. The molecule has 3 unspecified atom stereocenters. The van der Waals surface area contributed by atoms with E-state index in [1.807, 2.05) is 6.07 Å². The van der Waals surface area contributed by atoms with Gasteiger partial charge in [0.15, 0.2) is 5.78 Å². The average Bonchev–Trinajstić information content (AvgIpc) is 2.67. The minimum Gasteiger partial charge on any atom is -0.363 e. The molecule has 2 aromatic carbocycles. The predicted octanol–water partition coefficient (Wildman–Crippen LogP) is 2.66. The van der Waals surface area contributed by atoms with Crippen LogP contribution < -0.4 is 10.6 Å². The summed E-state index contributed by atoms with van der Waals surface area (Å²) in [5.41, 5.74) is -3.43. The van der Waals surface area contributed by atoms with E-state index < -0.39 is 35.7 Å². The van der Waals surface area contributed by atoms with Crippen molar-refractivity contribution in [3.05, 3.63) is 71.3 Å². The molecule has 144 valence electrons. The number of alkyl halides is 3. The van der Waals surface area contributed by atoms with Crippen LogP contribution in [0.4, 0.5) is 18.0 Å². The van der Waals surface area contributed by atoms with Crippen LogP contribution >= 0.6 is 0 Å². The molecule has 0 saturated carbocycles. The van der Waals surface area contributed by atoms with Crippen molar-refractivity contribution in [2.24, 2.45) is 5.92 Å². The standard InChI is InChI=1S/C19H14F3N3O3/c20-19(21,22)18(28)14(16(26)13-4-2-1-3-5-13)15(24-17(27)25-18)12-8-6-11(10-23)7-9-12/h1-9,14-15,28H,(H2,24,25,27). The fourth-order valence-electron chi connectivity index (χ4n) is 3.16. The summed E-state index contributed by atoms with van der Waals surface area (Å²) < 4.78 is 41.2. The van der Waals surface area contributed by atoms with E-state index in [1.54, 1.807) is 6.07 Å². The third-order valence-corrected chi connectivity index (χ3v) is 4.55. The zero-order valence-electron chi connectivity index (χ0n) is 14.2. The molecular weight excluding hydrogens is 375 g/mol. The zero-order valence-corrected chi connectivity index (χ0v) is 14.2. The Bertz CT molecular complexity index is 939. The number of ketones is 1. The lowest BCUT2D eigenvalue weighted by atomic mass is 9.77. The van der Waals surface area contributed by atoms with E-state index >= 15 is 0 Å². The first-order chi connectivity index (χ1) is 13.2. The van der Waals surface area contributed by atoms with Crippen LogP contribution in [0.3, 0.4) is 0 Å². The van der Waals surface area contributed by atoms with Crippen LogP contribution in [0.2, 0.25) is 0 Å². The molecule has 2 amide bonds. The summed E-state index contributed by atoms with van der Waals surface area (Å²) >= 11 is 0. The maximum absolute atomic E-state index is 13.7. The number of hydrogen-bond acceptors (Lipinski definition) is 4. The van der Waals surface area contributed by atoms with Gasteiger partial charge in [-0.2, -0.15) is 18.4 Å². The van der Waals surface area contributed by atoms with Crippen molar-refractivity contribution >= 4 is 11.8 Å². The number of nitrogens with one attached hydrogen (secondary N) is 2. The van der Waals surface area contributed by atoms with Crippen LogP contribution in [0.15, 0.2) is 54.6 Å². The van der Waals surface area contributed by atoms with E-state index in [0.29, 0.717) is 0 Å². The smallest absolute Gasteiger partial charge is 0.363 e. The molecule has 0 aromatic heterocycles. The summed E-state index contributed by atoms with van der Waals surface area (Å²) in [5.74, 6) is -3.09. The molecule has 2 aromatic rings. The molecule has 0 spiro atoms. The lowest BCUT2D eigenvalue weighted by Gasteiger charge is -2.45. The van der Waals surface area contributed by atoms with Gasteiger partial charge in [-0.3, -0.25) is 4.79 Å². The van der Waals surface area contributed by atoms with Crippen molar-refractivity contribution in [3.63, 3.8) is 0 Å². The molecule has 1 fully saturated rings. The highest BCUT2D eigenvalue weighted by molar-refractivity contribution is 6.00. The molecule has 0 bridgehead atoms. The van der Waals surface area contributed by atoms with Gasteiger partial charge in [0.2, 0.25) is 5.72 Å². The number of carbonyl (C=O) groups excluding carboxylic acids is 2. The van der Waals surface area contributed by atoms with Crippen molar-refractivity contribution in [1.82, 2.24) is 10.6 Å². The highest BCUT2D eigenvalue weighted by Gasteiger charge is 2.66. The quantitative estimate of drug-likeness (QED) is 0.703. The van der Waals surface area contributed by atoms with Gasteiger partial charge < -0.3 is 15.7 Å². The molecule has 3 rings (SSSR count). The molecule has 0 aliphatic carbocycles. The van der Waals surface area contributed by atoms with Crippen LogP contribution in [0, 0.1) is 17.2 Å². The maximum atomic E-state index is 13.7. The Morgan fingerprint density at radius 1 is 1.11 bits per heavy atom. The van der Waals surface area contributed by atoms with E-state index in [1.165, 1.54) is 53.8 Å². The van der Waals surface area contributed by atoms with E-state index in [9.17, 15) is 27.9 Å². The average molecular weight is 389 g/mol. The third kappa shape index (κ3) is 3.30. The summed E-state index contributed by atoms with van der Waals surface area (Å²) in [6.07, 6.45) is -5.31. The first-order valence-electron chi connectivity index (χ1n) is 8.14. The molecule has 3 atom stereocenters. The van der Waals surface area contributed by atoms with Crippen LogP contribution in [0.5, 0.6) is 0 Å². The van der Waals surface area contributed by atoms with Crippen LogP contribution in [0.1, 0.15) is 27.5 Å². The van der Waals surface area contributed by atoms with Gasteiger partial charge in [-0.1, -0.05) is 42.5 Å². The molecule has 28 heavy (non-hydrogen) atoms. The largest absolute Gasteiger partial charge is 0.437 e. The Kier molecular flexibility index (Phi) is 4.83. The molecular formula is C19H14F3N3O3. The molecule has 3 N–H and O–H groups in total. The number of nitrogens with zero attached hydrogens (tertiary/aromatic N) is 1. The van der Waals surface area contributed by atoms with Gasteiger partial charge in [0.25, 0.3) is 0 Å². The molecule has 1 aliphatic heterocycles. The summed E-state index contributed by atoms with van der Waals surface area (Å²) in [4.78, 5) is 24.9. The lowest BCUT2D eigenvalue weighted by molar-refractivity contribution is -0.287. The lowest BCUT2D eigenvalue weighted by Crippen LogP contribution is -2.72. The summed E-state index contributed by atoms with van der Waals surface area (Å²) in [6, 6.07) is 11.7. The number of aliphatic hydroxyl groups is 1. The second-order valence-corrected chi connectivity index (χ2v) is 6.28. The Balaban J connectivity index is 2.15. The second kappa shape index (κ2) is 6.98. The number of rotatable bonds is 3. The van der Waals surface area contributed by atoms with E-state index in [2.05, 4.69) is 5.32 Å². The molecule has 1 saturated heterocycles. The normalized spacial score (nSPS) is 24.6. The molecule has 9 heteroatoms. The van der Waals surface area contributed by atoms with Gasteiger partial charge in [0, 0.05) is 5.56 Å². The van der Waals surface area contributed by atoms with E-state index in [-0.39, 0.29) is 16.7 Å². The summed E-state index contributed by atoms with van der Waals surface area (Å²) in [7, 11) is 0. The number of nitriles is 1. The number of amides is 2. The number of Topliss-reactive ketones (excluding diaryl/α,β-unsaturated/α-hetero) is 1. The Morgan fingerprint density at radius 2 is 1.71 bits per heavy atom. The Hall–Kier alpha value is -3.38. The number of halogens is 3. The predicted molar refractivity (Wildman–Crippen MR) is 90.8 cm³/mol. The van der Waals surface area contributed by atoms with Gasteiger partial charge in [0.1, 0.15) is 5.92 Å². The van der Waals surface area contributed by atoms with Gasteiger partial charge in [-0.15, -0.1) is 0 Å². The van der Waals surface area contributed by atoms with Crippen molar-refractivity contribution in [1.29, 1.82) is 5.26 Å². The SMILES string of the molecule is N#Cc1ccc(C2NC(=O)NC(O)(C(F)(F)F)C2C(=O)c2ccccc2)cc1. The minimum atomic E-state index is -5.31. The number of hydrogen-bond donors (Lipinski definition) is 3. The fourth-order valence-corrected chi connectivity index (χ4v) is 3.16. The Morgan fingerprint density at radius 3 is 2.25 bits per heavy atom. The van der Waals surface area contributed by atoms with Crippen LogP contribution in [-0.2, 0) is 0 Å². The van der Waals surface area contributed by atoms with E-state index in [4.69, 9.17) is 5.26 Å². The first-order valence-corrected chi connectivity index (χ1v) is 8.14. The zero-order chi connectivity index (χ0) is 20.5. The molecule has 6 nitrogen and oxygen atoms in total. The van der Waals surface area contributed by atoms with Crippen molar-refractivity contribution in [3.8, 4) is 6.07 Å². The second-order valence-electron chi connectivity index (χ2n) is 6.28. The van der Waals surface area contributed by atoms with Gasteiger partial charge >= 0.3 is 12.2 Å². The summed E-state index contributed by atoms with van der Waals surface area (Å²) in [6.45, 7) is 0. The van der Waals surface area contributed by atoms with Gasteiger partial charge in [0.05, 0.1) is 17.7 Å². The van der Waals surface area contributed by atoms with Gasteiger partial charge in [-0.05, 0) is 17.7 Å². The maximum Gasteiger partial charge on any atom is 0.437 e. The topological polar surface area (TPSA) is 102 Å².